The Balaban J connectivity index is 2.09. The van der Waals surface area contributed by atoms with Crippen LogP contribution in [0, 0.1) is 8.99 Å². The van der Waals surface area contributed by atoms with Crippen molar-refractivity contribution in [1.29, 1.82) is 0 Å². The van der Waals surface area contributed by atoms with Crippen molar-refractivity contribution in [3.8, 4) is 0 Å². The summed E-state index contributed by atoms with van der Waals surface area (Å²) >= 11 is 8.71. The normalized spacial score (nSPS) is 19.0. The van der Waals surface area contributed by atoms with E-state index >= 15 is 0 Å². The fraction of sp³-hybridized carbons (Fsp3) is 0.562. The topological polar surface area (TPSA) is 17.8 Å². The lowest BCUT2D eigenvalue weighted by Crippen LogP contribution is -2.34. The zero-order chi connectivity index (χ0) is 14.3. The lowest BCUT2D eigenvalue weighted by molar-refractivity contribution is 0.101. The fourth-order valence-electron chi connectivity index (χ4n) is 3.23. The summed E-state index contributed by atoms with van der Waals surface area (Å²) in [7, 11) is 0. The van der Waals surface area contributed by atoms with Crippen molar-refractivity contribution < 1.29 is 0 Å². The summed E-state index contributed by atoms with van der Waals surface area (Å²) in [6, 6.07) is 6.49. The van der Waals surface area contributed by atoms with E-state index in [4.69, 9.17) is 16.6 Å². The second kappa shape index (κ2) is 5.48. The van der Waals surface area contributed by atoms with Crippen LogP contribution >= 0.6 is 34.2 Å². The van der Waals surface area contributed by atoms with Crippen molar-refractivity contribution in [3.05, 3.63) is 27.6 Å². The third-order valence-corrected chi connectivity index (χ3v) is 5.62. The van der Waals surface area contributed by atoms with Crippen LogP contribution < -0.4 is 0 Å². The van der Waals surface area contributed by atoms with E-state index in [1.54, 1.807) is 0 Å². The Kier molecular flexibility index (Phi) is 4.01. The highest BCUT2D eigenvalue weighted by Crippen LogP contribution is 2.46. The average molecular weight is 403 g/mol. The molecule has 0 N–H and O–H groups in total. The van der Waals surface area contributed by atoms with Gasteiger partial charge in [-0.25, -0.2) is 4.98 Å². The van der Waals surface area contributed by atoms with E-state index in [1.165, 1.54) is 34.8 Å². The first-order valence-corrected chi connectivity index (χ1v) is 8.86. The lowest BCUT2D eigenvalue weighted by Gasteiger charge is -2.42. The molecule has 0 bridgehead atoms. The molecule has 0 saturated heterocycles. The molecule has 1 aromatic carbocycles. The predicted octanol–water partition coefficient (Wildman–Crippen LogP) is 5.52. The first-order valence-electron chi connectivity index (χ1n) is 7.34. The second-order valence-electron chi connectivity index (χ2n) is 6.01. The van der Waals surface area contributed by atoms with Crippen molar-refractivity contribution in [2.45, 2.75) is 51.5 Å². The van der Waals surface area contributed by atoms with Crippen molar-refractivity contribution in [2.75, 3.05) is 0 Å². The number of imidazole rings is 1. The maximum Gasteiger partial charge on any atom is 0.127 e. The van der Waals surface area contributed by atoms with Gasteiger partial charge in [0.15, 0.2) is 0 Å². The van der Waals surface area contributed by atoms with Gasteiger partial charge in [0.2, 0.25) is 0 Å². The van der Waals surface area contributed by atoms with Crippen LogP contribution in [0.4, 0.5) is 0 Å². The van der Waals surface area contributed by atoms with Crippen LogP contribution in [-0.4, -0.2) is 9.55 Å². The molecule has 2 aromatic rings. The van der Waals surface area contributed by atoms with E-state index in [2.05, 4.69) is 52.3 Å². The van der Waals surface area contributed by atoms with Crippen LogP contribution in [0.1, 0.15) is 50.7 Å². The summed E-state index contributed by atoms with van der Waals surface area (Å²) in [4.78, 5) is 4.78. The number of aromatic nitrogens is 2. The van der Waals surface area contributed by atoms with Crippen LogP contribution in [0.25, 0.3) is 11.0 Å². The van der Waals surface area contributed by atoms with Gasteiger partial charge in [0.1, 0.15) is 5.82 Å². The van der Waals surface area contributed by atoms with Gasteiger partial charge < -0.3 is 4.57 Å². The first-order chi connectivity index (χ1) is 9.54. The number of nitrogens with zero attached hydrogens (tertiary/aromatic N) is 2. The molecule has 1 heterocycles. The number of alkyl halides is 1. The van der Waals surface area contributed by atoms with Crippen LogP contribution in [0.15, 0.2) is 18.2 Å². The maximum atomic E-state index is 6.37. The summed E-state index contributed by atoms with van der Waals surface area (Å²) in [5.74, 6) is 1.02. The molecule has 0 spiro atoms. The van der Waals surface area contributed by atoms with Gasteiger partial charge >= 0.3 is 0 Å². The van der Waals surface area contributed by atoms with Crippen LogP contribution in [0.2, 0.25) is 0 Å². The zero-order valence-electron chi connectivity index (χ0n) is 12.0. The number of benzene rings is 1. The highest BCUT2D eigenvalue weighted by molar-refractivity contribution is 14.1. The molecule has 1 aromatic heterocycles. The molecule has 1 fully saturated rings. The molecule has 3 rings (SSSR count). The molecule has 1 unspecified atom stereocenters. The van der Waals surface area contributed by atoms with Crippen LogP contribution in [-0.2, 0) is 6.54 Å². The van der Waals surface area contributed by atoms with Crippen LogP contribution in [0.3, 0.4) is 0 Å². The highest BCUT2D eigenvalue weighted by Gasteiger charge is 2.36. The van der Waals surface area contributed by atoms with E-state index in [0.29, 0.717) is 5.41 Å². The van der Waals surface area contributed by atoms with Gasteiger partial charge in [-0.1, -0.05) is 13.3 Å². The van der Waals surface area contributed by atoms with Crippen molar-refractivity contribution in [1.82, 2.24) is 9.55 Å². The number of fused-ring (bicyclic) bond motifs is 1. The molecule has 0 radical (unpaired) electrons. The smallest absolute Gasteiger partial charge is 0.127 e. The monoisotopic (exact) mass is 402 g/mol. The fourth-order valence-corrected chi connectivity index (χ4v) is 3.87. The van der Waals surface area contributed by atoms with E-state index < -0.39 is 0 Å². The third kappa shape index (κ3) is 2.47. The largest absolute Gasteiger partial charge is 0.326 e. The Morgan fingerprint density at radius 2 is 2.20 bits per heavy atom. The zero-order valence-corrected chi connectivity index (χ0v) is 14.9. The van der Waals surface area contributed by atoms with Crippen molar-refractivity contribution in [2.24, 2.45) is 5.41 Å². The van der Waals surface area contributed by atoms with E-state index in [-0.39, 0.29) is 5.38 Å². The summed E-state index contributed by atoms with van der Waals surface area (Å²) < 4.78 is 3.59. The number of hydrogen-bond acceptors (Lipinski definition) is 1. The Hall–Kier alpha value is -0.290. The molecule has 1 aliphatic carbocycles. The van der Waals surface area contributed by atoms with Gasteiger partial charge in [0.25, 0.3) is 0 Å². The molecule has 0 aliphatic heterocycles. The number of rotatable bonds is 4. The van der Waals surface area contributed by atoms with Gasteiger partial charge in [-0.2, -0.15) is 0 Å². The summed E-state index contributed by atoms with van der Waals surface area (Å²) in [6.45, 7) is 5.39. The molecule has 20 heavy (non-hydrogen) atoms. The minimum atomic E-state index is -0.0472. The van der Waals surface area contributed by atoms with Gasteiger partial charge in [0, 0.05) is 10.1 Å². The van der Waals surface area contributed by atoms with Gasteiger partial charge in [0.05, 0.1) is 16.4 Å². The Bertz CT molecular complexity index is 623. The Labute approximate surface area is 139 Å². The van der Waals surface area contributed by atoms with Crippen molar-refractivity contribution >= 4 is 45.2 Å². The molecular formula is C16H20ClIN2. The van der Waals surface area contributed by atoms with E-state index in [9.17, 15) is 0 Å². The molecule has 0 amide bonds. The van der Waals surface area contributed by atoms with Crippen molar-refractivity contribution in [3.63, 3.8) is 0 Å². The molecule has 2 nitrogen and oxygen atoms in total. The number of halogens is 2. The molecule has 1 atom stereocenters. The van der Waals surface area contributed by atoms with Gasteiger partial charge in [-0.05, 0) is 72.4 Å². The number of hydrogen-bond donors (Lipinski definition) is 0. The minimum absolute atomic E-state index is 0.0472. The second-order valence-corrected chi connectivity index (χ2v) is 7.91. The Morgan fingerprint density at radius 3 is 2.75 bits per heavy atom. The summed E-state index contributed by atoms with van der Waals surface area (Å²) in [6.07, 6.45) is 5.28. The van der Waals surface area contributed by atoms with E-state index in [1.807, 2.05) is 6.92 Å². The van der Waals surface area contributed by atoms with Gasteiger partial charge in [-0.3, -0.25) is 0 Å². The standard InChI is InChI=1S/C16H20ClIN2/c1-3-16(7-4-8-16)10-20-14-6-5-12(18)9-13(14)19-15(20)11(2)17/h5-6,9,11H,3-4,7-8,10H2,1-2H3. The molecule has 4 heteroatoms. The summed E-state index contributed by atoms with van der Waals surface area (Å²) in [5.41, 5.74) is 2.77. The van der Waals surface area contributed by atoms with Crippen LogP contribution in [0.5, 0.6) is 0 Å². The van der Waals surface area contributed by atoms with E-state index in [0.717, 1.165) is 17.9 Å². The quantitative estimate of drug-likeness (QED) is 0.486. The highest BCUT2D eigenvalue weighted by atomic mass is 127. The van der Waals surface area contributed by atoms with Gasteiger partial charge in [-0.15, -0.1) is 11.6 Å². The maximum absolute atomic E-state index is 6.37. The molecular weight excluding hydrogens is 383 g/mol. The average Bonchev–Trinajstić information content (AvgIpc) is 2.71. The third-order valence-electron chi connectivity index (χ3n) is 4.75. The predicted molar refractivity (Wildman–Crippen MR) is 93.3 cm³/mol. The lowest BCUT2D eigenvalue weighted by atomic mass is 9.67. The minimum Gasteiger partial charge on any atom is -0.326 e. The molecule has 1 aliphatic rings. The molecule has 1 saturated carbocycles. The molecule has 108 valence electrons. The Morgan fingerprint density at radius 1 is 1.45 bits per heavy atom. The summed E-state index contributed by atoms with van der Waals surface area (Å²) in [5, 5.41) is -0.0472. The first kappa shape index (κ1) is 14.6. The SMILES string of the molecule is CCC1(Cn2c(C(C)Cl)nc3cc(I)ccc32)CCC1.